The lowest BCUT2D eigenvalue weighted by atomic mass is 9.78. The van der Waals surface area contributed by atoms with Gasteiger partial charge in [-0.1, -0.05) is 11.6 Å². The van der Waals surface area contributed by atoms with Gasteiger partial charge in [0.15, 0.2) is 5.82 Å². The summed E-state index contributed by atoms with van der Waals surface area (Å²) in [7, 11) is 1.51. The summed E-state index contributed by atoms with van der Waals surface area (Å²) >= 11 is 6.20. The van der Waals surface area contributed by atoms with Gasteiger partial charge in [-0.05, 0) is 45.4 Å². The Labute approximate surface area is 202 Å². The molecule has 34 heavy (non-hydrogen) atoms. The van der Waals surface area contributed by atoms with Gasteiger partial charge in [0.2, 0.25) is 5.88 Å². The van der Waals surface area contributed by atoms with E-state index in [9.17, 15) is 4.79 Å². The van der Waals surface area contributed by atoms with E-state index in [1.165, 1.54) is 13.4 Å². The number of aromatic nitrogens is 4. The van der Waals surface area contributed by atoms with Crippen molar-refractivity contribution in [2.24, 2.45) is 0 Å². The summed E-state index contributed by atoms with van der Waals surface area (Å²) in [5.74, 6) is 1.70. The van der Waals surface area contributed by atoms with Crippen molar-refractivity contribution in [1.82, 2.24) is 24.8 Å². The Morgan fingerprint density at radius 3 is 2.65 bits per heavy atom. The highest BCUT2D eigenvalue weighted by molar-refractivity contribution is 6.32. The van der Waals surface area contributed by atoms with E-state index < -0.39 is 5.60 Å². The molecule has 1 N–H and O–H groups in total. The highest BCUT2D eigenvalue weighted by Crippen LogP contribution is 2.42. The maximum absolute atomic E-state index is 12.6. The van der Waals surface area contributed by atoms with Gasteiger partial charge in [-0.2, -0.15) is 0 Å². The van der Waals surface area contributed by atoms with Crippen LogP contribution in [0.4, 0.5) is 22.1 Å². The Morgan fingerprint density at radius 2 is 2.00 bits per heavy atom. The molecule has 0 saturated carbocycles. The quantitative estimate of drug-likeness (QED) is 0.588. The highest BCUT2D eigenvalue weighted by Gasteiger charge is 2.56. The van der Waals surface area contributed by atoms with Gasteiger partial charge in [-0.3, -0.25) is 4.90 Å². The summed E-state index contributed by atoms with van der Waals surface area (Å²) in [5.41, 5.74) is 1.31. The second-order valence-corrected chi connectivity index (χ2v) is 9.97. The minimum Gasteiger partial charge on any atom is -0.480 e. The molecule has 1 spiro atoms. The van der Waals surface area contributed by atoms with E-state index in [0.29, 0.717) is 53.1 Å². The minimum absolute atomic E-state index is 0.182. The number of methoxy groups -OCH3 is 1. The summed E-state index contributed by atoms with van der Waals surface area (Å²) < 4.78 is 10.7. The highest BCUT2D eigenvalue weighted by atomic mass is 35.5. The van der Waals surface area contributed by atoms with E-state index in [1.807, 2.05) is 37.8 Å². The van der Waals surface area contributed by atoms with Crippen LogP contribution in [0.3, 0.4) is 0 Å². The van der Waals surface area contributed by atoms with Crippen LogP contribution >= 0.6 is 11.6 Å². The molecule has 0 radical (unpaired) electrons. The molecular formula is C23H26ClN7O3. The van der Waals surface area contributed by atoms with Gasteiger partial charge in [0, 0.05) is 19.6 Å². The molecule has 0 bridgehead atoms. The number of nitrogens with one attached hydrogen (secondary N) is 1. The van der Waals surface area contributed by atoms with Crippen LogP contribution in [0.5, 0.6) is 5.88 Å². The molecule has 5 heterocycles. The predicted octanol–water partition coefficient (Wildman–Crippen LogP) is 4.03. The Morgan fingerprint density at radius 1 is 1.21 bits per heavy atom. The van der Waals surface area contributed by atoms with Crippen LogP contribution < -0.4 is 15.0 Å². The van der Waals surface area contributed by atoms with Crippen molar-refractivity contribution in [3.63, 3.8) is 0 Å². The minimum atomic E-state index is -0.510. The van der Waals surface area contributed by atoms with Crippen molar-refractivity contribution in [2.45, 2.75) is 38.3 Å². The number of halogens is 1. The molecular weight excluding hydrogens is 458 g/mol. The molecule has 2 aliphatic heterocycles. The number of nitrogens with zero attached hydrogens (tertiary/aromatic N) is 6. The van der Waals surface area contributed by atoms with Crippen LogP contribution in [-0.2, 0) is 4.74 Å². The second-order valence-electron chi connectivity index (χ2n) is 9.56. The first-order chi connectivity index (χ1) is 16.2. The third kappa shape index (κ3) is 4.02. The summed E-state index contributed by atoms with van der Waals surface area (Å²) in [6.07, 6.45) is 3.80. The average molecular weight is 484 g/mol. The molecule has 3 aromatic heterocycles. The number of hydrogen-bond acceptors (Lipinski definition) is 9. The maximum atomic E-state index is 12.6. The van der Waals surface area contributed by atoms with Crippen LogP contribution in [0.2, 0.25) is 5.02 Å². The fourth-order valence-corrected chi connectivity index (χ4v) is 4.52. The Balaban J connectivity index is 1.34. The fourth-order valence-electron chi connectivity index (χ4n) is 4.27. The van der Waals surface area contributed by atoms with Crippen molar-refractivity contribution in [3.8, 4) is 5.88 Å². The summed E-state index contributed by atoms with van der Waals surface area (Å²) in [4.78, 5) is 34.3. The van der Waals surface area contributed by atoms with Gasteiger partial charge in [0.05, 0.1) is 30.0 Å². The molecule has 178 valence electrons. The van der Waals surface area contributed by atoms with Gasteiger partial charge in [0.1, 0.15) is 28.3 Å². The van der Waals surface area contributed by atoms with Crippen LogP contribution in [0.15, 0.2) is 30.7 Å². The molecule has 2 aliphatic rings. The molecule has 0 aromatic carbocycles. The van der Waals surface area contributed by atoms with Gasteiger partial charge in [0.25, 0.3) is 0 Å². The number of amides is 1. The number of likely N-dealkylation sites (tertiary alicyclic amines) is 1. The first kappa shape index (κ1) is 22.4. The lowest BCUT2D eigenvalue weighted by Crippen LogP contribution is -2.78. The smallest absolute Gasteiger partial charge is 0.410 e. The fraction of sp³-hybridized carbons (Fsp3) is 0.435. The molecule has 5 rings (SSSR count). The zero-order valence-corrected chi connectivity index (χ0v) is 20.3. The molecule has 11 heteroatoms. The predicted molar refractivity (Wildman–Crippen MR) is 129 cm³/mol. The third-order valence-electron chi connectivity index (χ3n) is 6.01. The van der Waals surface area contributed by atoms with Crippen LogP contribution in [0.1, 0.15) is 27.2 Å². The monoisotopic (exact) mass is 483 g/mol. The number of rotatable bonds is 4. The molecule has 10 nitrogen and oxygen atoms in total. The topological polar surface area (TPSA) is 106 Å². The first-order valence-electron chi connectivity index (χ1n) is 11.0. The van der Waals surface area contributed by atoms with E-state index >= 15 is 0 Å². The second kappa shape index (κ2) is 8.12. The van der Waals surface area contributed by atoms with Gasteiger partial charge < -0.3 is 19.7 Å². The number of carbonyl (C=O) groups excluding carboxylic acids is 1. The molecule has 1 amide bonds. The van der Waals surface area contributed by atoms with E-state index in [2.05, 4.69) is 25.2 Å². The Kier molecular flexibility index (Phi) is 5.35. The lowest BCUT2D eigenvalue weighted by molar-refractivity contribution is -0.0562. The van der Waals surface area contributed by atoms with E-state index in [4.69, 9.17) is 26.1 Å². The SMILES string of the molecule is COc1ncc(Nc2ncnc3ccc(N4CC5(CCN5C(=O)OC(C)(C)C)C4)nc23)cc1Cl. The van der Waals surface area contributed by atoms with Crippen molar-refractivity contribution in [2.75, 3.05) is 37.0 Å². The zero-order valence-electron chi connectivity index (χ0n) is 19.5. The molecule has 0 aliphatic carbocycles. The number of carbonyl (C=O) groups is 1. The molecule has 2 saturated heterocycles. The Bertz CT molecular complexity index is 1260. The number of hydrogen-bond donors (Lipinski definition) is 1. The van der Waals surface area contributed by atoms with Crippen molar-refractivity contribution in [3.05, 3.63) is 35.7 Å². The normalized spacial score (nSPS) is 16.7. The van der Waals surface area contributed by atoms with Crippen LogP contribution in [-0.4, -0.2) is 68.8 Å². The van der Waals surface area contributed by atoms with Crippen LogP contribution in [0, 0.1) is 0 Å². The number of ether oxygens (including phenoxy) is 2. The number of fused-ring (bicyclic) bond motifs is 1. The average Bonchev–Trinajstić information content (AvgIpc) is 2.71. The standard InChI is InChI=1S/C23H26ClN7O3/c1-22(2,3)34-21(32)31-8-7-23(31)11-30(12-23)17-6-5-16-18(29-17)19(27-13-26-16)28-14-9-15(24)20(33-4)25-10-14/h5-6,9-10,13H,7-8,11-12H2,1-4H3,(H,26,27,28). The van der Waals surface area contributed by atoms with Crippen molar-refractivity contribution < 1.29 is 14.3 Å². The lowest BCUT2D eigenvalue weighted by Gasteiger charge is -2.62. The Hall–Kier alpha value is -3.40. The summed E-state index contributed by atoms with van der Waals surface area (Å²) in [5, 5.41) is 3.61. The van der Waals surface area contributed by atoms with Crippen molar-refractivity contribution >= 4 is 46.1 Å². The largest absolute Gasteiger partial charge is 0.480 e. The van der Waals surface area contributed by atoms with Crippen molar-refractivity contribution in [1.29, 1.82) is 0 Å². The van der Waals surface area contributed by atoms with Gasteiger partial charge in [-0.25, -0.2) is 24.7 Å². The molecule has 3 aromatic rings. The van der Waals surface area contributed by atoms with E-state index in [1.54, 1.807) is 12.3 Å². The third-order valence-corrected chi connectivity index (χ3v) is 6.28. The summed E-state index contributed by atoms with van der Waals surface area (Å²) in [6.45, 7) is 7.78. The summed E-state index contributed by atoms with van der Waals surface area (Å²) in [6, 6.07) is 5.57. The molecule has 0 unspecified atom stereocenters. The van der Waals surface area contributed by atoms with Crippen LogP contribution in [0.25, 0.3) is 11.0 Å². The van der Waals surface area contributed by atoms with E-state index in [0.717, 1.165) is 12.2 Å². The molecule has 2 fully saturated rings. The maximum Gasteiger partial charge on any atom is 0.410 e. The number of pyridine rings is 2. The van der Waals surface area contributed by atoms with Gasteiger partial charge >= 0.3 is 6.09 Å². The number of anilines is 3. The van der Waals surface area contributed by atoms with E-state index in [-0.39, 0.29) is 11.6 Å². The van der Waals surface area contributed by atoms with Gasteiger partial charge in [-0.15, -0.1) is 0 Å². The first-order valence-corrected chi connectivity index (χ1v) is 11.4. The zero-order chi connectivity index (χ0) is 24.1. The molecule has 0 atom stereocenters.